The molecule has 0 amide bonds. The van der Waals surface area contributed by atoms with Gasteiger partial charge in [0.25, 0.3) is 0 Å². The van der Waals surface area contributed by atoms with Crippen LogP contribution in [0.3, 0.4) is 0 Å². The van der Waals surface area contributed by atoms with Gasteiger partial charge in [-0.15, -0.1) is 12.4 Å². The van der Waals surface area contributed by atoms with Crippen molar-refractivity contribution in [1.29, 1.82) is 0 Å². The minimum absolute atomic E-state index is 0. The Morgan fingerprint density at radius 2 is 1.96 bits per heavy atom. The first-order valence-electron chi connectivity index (χ1n) is 8.07. The van der Waals surface area contributed by atoms with Gasteiger partial charge in [-0.1, -0.05) is 13.8 Å². The Morgan fingerprint density at radius 1 is 1.33 bits per heavy atom. The van der Waals surface area contributed by atoms with Crippen molar-refractivity contribution in [2.24, 2.45) is 11.1 Å². The van der Waals surface area contributed by atoms with Crippen molar-refractivity contribution in [1.82, 2.24) is 4.31 Å². The lowest BCUT2D eigenvalue weighted by Gasteiger charge is -2.41. The van der Waals surface area contributed by atoms with Gasteiger partial charge in [0, 0.05) is 19.1 Å². The molecule has 24 heavy (non-hydrogen) atoms. The molecule has 1 aromatic carbocycles. The second-order valence-electron chi connectivity index (χ2n) is 7.32. The van der Waals surface area contributed by atoms with Crippen LogP contribution in [0, 0.1) is 12.3 Å². The fraction of sp³-hybridized carbons (Fsp3) is 0.647. The number of aryl methyl sites for hydroxylation is 1. The largest absolute Gasteiger partial charge is 0.491 e. The lowest BCUT2D eigenvalue weighted by molar-refractivity contribution is 0.155. The number of hydrogen-bond donors (Lipinski definition) is 1. The highest BCUT2D eigenvalue weighted by Crippen LogP contribution is 2.32. The Kier molecular flexibility index (Phi) is 6.72. The summed E-state index contributed by atoms with van der Waals surface area (Å²) in [4.78, 5) is 0.317. The van der Waals surface area contributed by atoms with E-state index in [4.69, 9.17) is 10.5 Å². The molecular formula is C17H29ClN2O3S. The zero-order chi connectivity index (χ0) is 17.4. The molecule has 1 aliphatic heterocycles. The number of ether oxygens (including phenoxy) is 1. The minimum atomic E-state index is -3.50. The number of rotatable bonds is 4. The van der Waals surface area contributed by atoms with Gasteiger partial charge in [0.1, 0.15) is 5.75 Å². The molecular weight excluding hydrogens is 348 g/mol. The second-order valence-corrected chi connectivity index (χ2v) is 9.25. The van der Waals surface area contributed by atoms with Crippen LogP contribution < -0.4 is 10.5 Å². The highest BCUT2D eigenvalue weighted by molar-refractivity contribution is 7.89. The zero-order valence-electron chi connectivity index (χ0n) is 15.1. The molecule has 7 heteroatoms. The van der Waals surface area contributed by atoms with E-state index in [0.29, 0.717) is 24.4 Å². The Bertz CT molecular complexity index is 674. The molecule has 138 valence electrons. The normalized spacial score (nSPS) is 21.4. The van der Waals surface area contributed by atoms with Gasteiger partial charge in [0.15, 0.2) is 0 Å². The summed E-state index contributed by atoms with van der Waals surface area (Å²) in [6.45, 7) is 10.7. The monoisotopic (exact) mass is 376 g/mol. The number of nitrogens with zero attached hydrogens (tertiary/aromatic N) is 1. The summed E-state index contributed by atoms with van der Waals surface area (Å²) in [5, 5.41) is 0. The third kappa shape index (κ3) is 4.42. The Morgan fingerprint density at radius 3 is 2.46 bits per heavy atom. The molecule has 0 aromatic heterocycles. The van der Waals surface area contributed by atoms with E-state index < -0.39 is 10.0 Å². The fourth-order valence-corrected chi connectivity index (χ4v) is 4.56. The van der Waals surface area contributed by atoms with E-state index in [1.54, 1.807) is 22.5 Å². The van der Waals surface area contributed by atoms with Crippen molar-refractivity contribution in [3.05, 3.63) is 23.8 Å². The Hall–Kier alpha value is -0.820. The standard InChI is InChI=1S/C17H28N2O3S.ClH/c1-12(2)22-15-7-6-14(10-13(15)3)23(20,21)19-9-8-16(18)17(4,5)11-19;/h6-7,10,12,16H,8-9,11,18H2,1-5H3;1H. The fourth-order valence-electron chi connectivity index (χ4n) is 2.85. The topological polar surface area (TPSA) is 72.6 Å². The molecule has 1 atom stereocenters. The van der Waals surface area contributed by atoms with Crippen molar-refractivity contribution in [2.75, 3.05) is 13.1 Å². The predicted molar refractivity (Wildman–Crippen MR) is 99.3 cm³/mol. The van der Waals surface area contributed by atoms with Gasteiger partial charge in [0.05, 0.1) is 11.0 Å². The van der Waals surface area contributed by atoms with Crippen LogP contribution in [-0.4, -0.2) is 38.0 Å². The van der Waals surface area contributed by atoms with E-state index in [-0.39, 0.29) is 30.0 Å². The van der Waals surface area contributed by atoms with E-state index in [1.165, 1.54) is 0 Å². The molecule has 2 N–H and O–H groups in total. The molecule has 0 spiro atoms. The first-order valence-corrected chi connectivity index (χ1v) is 9.51. The van der Waals surface area contributed by atoms with Crippen molar-refractivity contribution in [2.45, 2.75) is 58.1 Å². The van der Waals surface area contributed by atoms with E-state index in [0.717, 1.165) is 11.3 Å². The number of hydrogen-bond acceptors (Lipinski definition) is 4. The van der Waals surface area contributed by atoms with E-state index >= 15 is 0 Å². The maximum Gasteiger partial charge on any atom is 0.243 e. The molecule has 1 fully saturated rings. The number of nitrogens with two attached hydrogens (primary N) is 1. The third-order valence-electron chi connectivity index (χ3n) is 4.42. The molecule has 1 unspecified atom stereocenters. The SMILES string of the molecule is Cc1cc(S(=O)(=O)N2CCC(N)C(C)(C)C2)ccc1OC(C)C.Cl. The molecule has 0 radical (unpaired) electrons. The first kappa shape index (κ1) is 21.2. The summed E-state index contributed by atoms with van der Waals surface area (Å²) in [6.07, 6.45) is 0.736. The molecule has 1 aromatic rings. The number of sulfonamides is 1. The van der Waals surface area contributed by atoms with Crippen LogP contribution in [0.1, 0.15) is 39.7 Å². The van der Waals surface area contributed by atoms with Crippen LogP contribution >= 0.6 is 12.4 Å². The summed E-state index contributed by atoms with van der Waals surface area (Å²) in [5.74, 6) is 0.722. The number of piperidine rings is 1. The van der Waals surface area contributed by atoms with Crippen molar-refractivity contribution in [3.63, 3.8) is 0 Å². The average Bonchev–Trinajstić information content (AvgIpc) is 2.43. The summed E-state index contributed by atoms with van der Waals surface area (Å²) >= 11 is 0. The summed E-state index contributed by atoms with van der Waals surface area (Å²) in [7, 11) is -3.50. The van der Waals surface area contributed by atoms with Gasteiger partial charge in [-0.05, 0) is 56.4 Å². The summed E-state index contributed by atoms with van der Waals surface area (Å²) < 4.78 is 33.1. The molecule has 0 bridgehead atoms. The van der Waals surface area contributed by atoms with E-state index in [9.17, 15) is 8.42 Å². The maximum absolute atomic E-state index is 12.9. The molecule has 2 rings (SSSR count). The lowest BCUT2D eigenvalue weighted by Crippen LogP contribution is -2.53. The third-order valence-corrected chi connectivity index (χ3v) is 6.27. The second kappa shape index (κ2) is 7.60. The number of halogens is 1. The van der Waals surface area contributed by atoms with Crippen LogP contribution in [0.15, 0.2) is 23.1 Å². The van der Waals surface area contributed by atoms with Gasteiger partial charge in [-0.25, -0.2) is 8.42 Å². The molecule has 5 nitrogen and oxygen atoms in total. The van der Waals surface area contributed by atoms with Crippen LogP contribution in [0.4, 0.5) is 0 Å². The summed E-state index contributed by atoms with van der Waals surface area (Å²) in [6, 6.07) is 5.08. The highest BCUT2D eigenvalue weighted by atomic mass is 35.5. The van der Waals surface area contributed by atoms with Gasteiger partial charge < -0.3 is 10.5 Å². The molecule has 1 aliphatic rings. The smallest absolute Gasteiger partial charge is 0.243 e. The van der Waals surface area contributed by atoms with Gasteiger partial charge in [-0.3, -0.25) is 0 Å². The average molecular weight is 377 g/mol. The van der Waals surface area contributed by atoms with Crippen molar-refractivity contribution >= 4 is 22.4 Å². The van der Waals surface area contributed by atoms with Crippen LogP contribution in [0.5, 0.6) is 5.75 Å². The maximum atomic E-state index is 12.9. The predicted octanol–water partition coefficient (Wildman–Crippen LogP) is 2.95. The summed E-state index contributed by atoms with van der Waals surface area (Å²) in [5.41, 5.74) is 6.71. The first-order chi connectivity index (χ1) is 10.5. The zero-order valence-corrected chi connectivity index (χ0v) is 16.7. The Balaban J connectivity index is 0.00000288. The highest BCUT2D eigenvalue weighted by Gasteiger charge is 2.38. The van der Waals surface area contributed by atoms with Gasteiger partial charge in [0.2, 0.25) is 10.0 Å². The van der Waals surface area contributed by atoms with Gasteiger partial charge in [-0.2, -0.15) is 4.31 Å². The van der Waals surface area contributed by atoms with Crippen LogP contribution in [0.2, 0.25) is 0 Å². The van der Waals surface area contributed by atoms with Crippen LogP contribution in [-0.2, 0) is 10.0 Å². The van der Waals surface area contributed by atoms with Crippen molar-refractivity contribution < 1.29 is 13.2 Å². The lowest BCUT2D eigenvalue weighted by atomic mass is 9.81. The molecule has 0 saturated carbocycles. The van der Waals surface area contributed by atoms with Crippen LogP contribution in [0.25, 0.3) is 0 Å². The molecule has 0 aliphatic carbocycles. The minimum Gasteiger partial charge on any atom is -0.491 e. The molecule has 1 saturated heterocycles. The molecule has 1 heterocycles. The Labute approximate surface area is 152 Å². The number of benzene rings is 1. The van der Waals surface area contributed by atoms with E-state index in [1.807, 2.05) is 34.6 Å². The van der Waals surface area contributed by atoms with Crippen molar-refractivity contribution in [3.8, 4) is 5.75 Å². The quantitative estimate of drug-likeness (QED) is 0.876. The van der Waals surface area contributed by atoms with E-state index in [2.05, 4.69) is 0 Å². The van der Waals surface area contributed by atoms with Gasteiger partial charge >= 0.3 is 0 Å².